The maximum absolute atomic E-state index is 13.2. The van der Waals surface area contributed by atoms with Crippen molar-refractivity contribution < 1.29 is 14.0 Å². The molecule has 1 aromatic carbocycles. The van der Waals surface area contributed by atoms with Gasteiger partial charge in [0, 0.05) is 6.54 Å². The van der Waals surface area contributed by atoms with E-state index in [4.69, 9.17) is 4.84 Å². The van der Waals surface area contributed by atoms with Crippen LogP contribution in [0.2, 0.25) is 0 Å². The van der Waals surface area contributed by atoms with Crippen LogP contribution in [0.3, 0.4) is 0 Å². The average molecular weight is 278 g/mol. The monoisotopic (exact) mass is 278 g/mol. The molecule has 20 heavy (non-hydrogen) atoms. The largest absolute Gasteiger partial charge is 0.413 e. The molecule has 106 valence electrons. The number of halogens is 1. The van der Waals surface area contributed by atoms with Crippen molar-refractivity contribution in [1.29, 1.82) is 0 Å². The first-order valence-corrected chi connectivity index (χ1v) is 6.26. The molecule has 0 spiro atoms. The quantitative estimate of drug-likeness (QED) is 0.918. The number of hydrogen-bond acceptors (Lipinski definition) is 3. The van der Waals surface area contributed by atoms with Gasteiger partial charge in [0.25, 0.3) is 11.5 Å². The Bertz CT molecular complexity index is 709. The van der Waals surface area contributed by atoms with E-state index in [2.05, 4.69) is 5.32 Å². The third-order valence-corrected chi connectivity index (χ3v) is 2.89. The molecular weight excluding hydrogens is 263 g/mol. The zero-order valence-electron chi connectivity index (χ0n) is 11.3. The minimum atomic E-state index is -0.494. The number of aromatic nitrogens is 1. The minimum absolute atomic E-state index is 0.0454. The fourth-order valence-electron chi connectivity index (χ4n) is 1.94. The summed E-state index contributed by atoms with van der Waals surface area (Å²) in [7, 11) is 1.30. The second-order valence-corrected chi connectivity index (χ2v) is 4.30. The molecule has 0 unspecified atom stereocenters. The highest BCUT2D eigenvalue weighted by atomic mass is 19.1. The van der Waals surface area contributed by atoms with Gasteiger partial charge in [-0.3, -0.25) is 9.59 Å². The second kappa shape index (κ2) is 5.73. The Kier molecular flexibility index (Phi) is 4.02. The van der Waals surface area contributed by atoms with Crippen molar-refractivity contribution in [2.75, 3.05) is 13.7 Å². The maximum atomic E-state index is 13.2. The smallest absolute Gasteiger partial charge is 0.291 e. The van der Waals surface area contributed by atoms with Gasteiger partial charge in [-0.2, -0.15) is 0 Å². The Balaban J connectivity index is 2.64. The summed E-state index contributed by atoms with van der Waals surface area (Å²) in [4.78, 5) is 29.2. The van der Waals surface area contributed by atoms with Crippen molar-refractivity contribution in [2.45, 2.75) is 13.3 Å². The summed E-state index contributed by atoms with van der Waals surface area (Å²) in [5.41, 5.74) is -0.448. The summed E-state index contributed by atoms with van der Waals surface area (Å²) in [5, 5.41) is 3.32. The summed E-state index contributed by atoms with van der Waals surface area (Å²) in [6.45, 7) is 2.40. The van der Waals surface area contributed by atoms with Crippen LogP contribution in [-0.2, 0) is 0 Å². The predicted molar refractivity (Wildman–Crippen MR) is 73.3 cm³/mol. The number of carbonyl (C=O) groups is 1. The second-order valence-electron chi connectivity index (χ2n) is 4.30. The zero-order valence-corrected chi connectivity index (χ0v) is 11.3. The summed E-state index contributed by atoms with van der Waals surface area (Å²) in [5.74, 6) is -0.899. The molecule has 0 atom stereocenters. The van der Waals surface area contributed by atoms with Gasteiger partial charge in [0.15, 0.2) is 0 Å². The van der Waals surface area contributed by atoms with Gasteiger partial charge in [0.1, 0.15) is 18.6 Å². The molecule has 0 aliphatic rings. The molecule has 0 radical (unpaired) electrons. The van der Waals surface area contributed by atoms with Crippen molar-refractivity contribution in [2.24, 2.45) is 0 Å². The molecule has 5 nitrogen and oxygen atoms in total. The molecule has 1 amide bonds. The molecular formula is C14H15FN2O3. The van der Waals surface area contributed by atoms with Gasteiger partial charge in [-0.1, -0.05) is 6.92 Å². The highest BCUT2D eigenvalue weighted by molar-refractivity contribution is 5.96. The van der Waals surface area contributed by atoms with E-state index in [1.165, 1.54) is 31.4 Å². The van der Waals surface area contributed by atoms with Gasteiger partial charge in [-0.05, 0) is 36.1 Å². The predicted octanol–water partition coefficient (Wildman–Crippen LogP) is 1.34. The molecule has 1 aromatic heterocycles. The Morgan fingerprint density at radius 3 is 2.80 bits per heavy atom. The normalized spacial score (nSPS) is 10.6. The van der Waals surface area contributed by atoms with Crippen LogP contribution in [0.5, 0.6) is 0 Å². The molecule has 0 aliphatic carbocycles. The zero-order chi connectivity index (χ0) is 14.7. The molecule has 0 fully saturated rings. The number of nitrogens with zero attached hydrogens (tertiary/aromatic N) is 1. The SMILES string of the molecule is CCCNC(=O)c1cc2cc(F)ccc2c(=O)n1OC. The lowest BCUT2D eigenvalue weighted by Crippen LogP contribution is -2.35. The summed E-state index contributed by atoms with van der Waals surface area (Å²) in [6, 6.07) is 5.22. The van der Waals surface area contributed by atoms with Crippen LogP contribution >= 0.6 is 0 Å². The van der Waals surface area contributed by atoms with Crippen molar-refractivity contribution in [3.8, 4) is 0 Å². The number of pyridine rings is 1. The van der Waals surface area contributed by atoms with E-state index in [0.29, 0.717) is 17.3 Å². The fraction of sp³-hybridized carbons (Fsp3) is 0.286. The molecule has 2 rings (SSSR count). The highest BCUT2D eigenvalue weighted by Crippen LogP contribution is 2.13. The van der Waals surface area contributed by atoms with Gasteiger partial charge < -0.3 is 10.2 Å². The highest BCUT2D eigenvalue weighted by Gasteiger charge is 2.16. The molecule has 0 bridgehead atoms. The Hall–Kier alpha value is -2.37. The summed E-state index contributed by atoms with van der Waals surface area (Å²) in [6.07, 6.45) is 0.769. The van der Waals surface area contributed by atoms with E-state index in [9.17, 15) is 14.0 Å². The minimum Gasteiger partial charge on any atom is -0.413 e. The number of amides is 1. The van der Waals surface area contributed by atoms with Crippen molar-refractivity contribution in [3.05, 3.63) is 46.1 Å². The van der Waals surface area contributed by atoms with Crippen LogP contribution in [0.4, 0.5) is 4.39 Å². The first-order valence-electron chi connectivity index (χ1n) is 6.26. The number of carbonyl (C=O) groups excluding carboxylic acids is 1. The lowest BCUT2D eigenvalue weighted by Gasteiger charge is -2.12. The van der Waals surface area contributed by atoms with Crippen LogP contribution in [-0.4, -0.2) is 24.3 Å². The van der Waals surface area contributed by atoms with E-state index in [-0.39, 0.29) is 5.69 Å². The van der Waals surface area contributed by atoms with Crippen LogP contribution < -0.4 is 15.7 Å². The molecule has 0 saturated carbocycles. The van der Waals surface area contributed by atoms with E-state index in [0.717, 1.165) is 11.2 Å². The van der Waals surface area contributed by atoms with Crippen LogP contribution in [0.1, 0.15) is 23.8 Å². The third kappa shape index (κ3) is 2.49. The lowest BCUT2D eigenvalue weighted by molar-refractivity contribution is 0.0884. The Morgan fingerprint density at radius 2 is 2.15 bits per heavy atom. The average Bonchev–Trinajstić information content (AvgIpc) is 2.44. The number of rotatable bonds is 4. The van der Waals surface area contributed by atoms with Gasteiger partial charge in [-0.25, -0.2) is 4.39 Å². The van der Waals surface area contributed by atoms with E-state index < -0.39 is 17.3 Å². The molecule has 1 N–H and O–H groups in total. The number of benzene rings is 1. The molecule has 0 saturated heterocycles. The first-order chi connectivity index (χ1) is 9.58. The summed E-state index contributed by atoms with van der Waals surface area (Å²) < 4.78 is 14.2. The molecule has 2 aromatic rings. The molecule has 1 heterocycles. The number of fused-ring (bicyclic) bond motifs is 1. The topological polar surface area (TPSA) is 60.3 Å². The summed E-state index contributed by atoms with van der Waals surface area (Å²) >= 11 is 0. The van der Waals surface area contributed by atoms with Crippen molar-refractivity contribution in [3.63, 3.8) is 0 Å². The number of nitrogens with one attached hydrogen (secondary N) is 1. The third-order valence-electron chi connectivity index (χ3n) is 2.89. The molecule has 0 aliphatic heterocycles. The maximum Gasteiger partial charge on any atom is 0.291 e. The van der Waals surface area contributed by atoms with Gasteiger partial charge in [0.05, 0.1) is 5.39 Å². The first kappa shape index (κ1) is 14.0. The molecule has 6 heteroatoms. The van der Waals surface area contributed by atoms with Gasteiger partial charge >= 0.3 is 0 Å². The van der Waals surface area contributed by atoms with Crippen molar-refractivity contribution in [1.82, 2.24) is 10.0 Å². The van der Waals surface area contributed by atoms with Gasteiger partial charge in [-0.15, -0.1) is 4.73 Å². The van der Waals surface area contributed by atoms with E-state index in [1.54, 1.807) is 0 Å². The van der Waals surface area contributed by atoms with E-state index >= 15 is 0 Å². The van der Waals surface area contributed by atoms with Crippen LogP contribution in [0, 0.1) is 5.82 Å². The van der Waals surface area contributed by atoms with Crippen LogP contribution in [0.25, 0.3) is 10.8 Å². The number of hydrogen-bond donors (Lipinski definition) is 1. The van der Waals surface area contributed by atoms with Gasteiger partial charge in [0.2, 0.25) is 0 Å². The Morgan fingerprint density at radius 1 is 1.40 bits per heavy atom. The van der Waals surface area contributed by atoms with Crippen LogP contribution in [0.15, 0.2) is 29.1 Å². The Labute approximate surface area is 114 Å². The fourth-order valence-corrected chi connectivity index (χ4v) is 1.94. The lowest BCUT2D eigenvalue weighted by atomic mass is 10.1. The standard InChI is InChI=1S/C14H15FN2O3/c1-3-6-16-13(18)12-8-9-7-10(15)4-5-11(9)14(19)17(12)20-2/h4-5,7-8H,3,6H2,1-2H3,(H,16,18). The van der Waals surface area contributed by atoms with Crippen molar-refractivity contribution >= 4 is 16.7 Å². The van der Waals surface area contributed by atoms with E-state index in [1.807, 2.05) is 6.92 Å².